The van der Waals surface area contributed by atoms with Gasteiger partial charge in [0.1, 0.15) is 5.58 Å². The number of nitrogens with zero attached hydrogens (tertiary/aromatic N) is 1. The molecule has 0 amide bonds. The van der Waals surface area contributed by atoms with Gasteiger partial charge in [0.05, 0.1) is 5.69 Å². The Labute approximate surface area is 208 Å². The molecule has 162 valence electrons. The summed E-state index contributed by atoms with van der Waals surface area (Å²) in [6.07, 6.45) is 0. The molecular weight excluding hydrogens is 502 g/mol. The minimum absolute atomic E-state index is 0.879. The van der Waals surface area contributed by atoms with Crippen molar-refractivity contribution in [3.05, 3.63) is 114 Å². The number of hydrogen-bond donors (Lipinski definition) is 0. The predicted octanol–water partition coefficient (Wildman–Crippen LogP) is 10.2. The van der Waals surface area contributed by atoms with Crippen molar-refractivity contribution < 1.29 is 4.42 Å². The van der Waals surface area contributed by atoms with Crippen LogP contribution in [-0.2, 0) is 0 Å². The van der Waals surface area contributed by atoms with Gasteiger partial charge in [-0.3, -0.25) is 0 Å². The van der Waals surface area contributed by atoms with Crippen molar-refractivity contribution >= 4 is 86.4 Å². The monoisotopic (exact) mass is 519 g/mol. The van der Waals surface area contributed by atoms with Crippen LogP contribution in [0.1, 0.15) is 0 Å². The van der Waals surface area contributed by atoms with Crippen LogP contribution in [-0.4, -0.2) is 0 Å². The van der Waals surface area contributed by atoms with E-state index in [-0.39, 0.29) is 0 Å². The van der Waals surface area contributed by atoms with Crippen LogP contribution < -0.4 is 4.90 Å². The van der Waals surface area contributed by atoms with Crippen LogP contribution in [0, 0.1) is 0 Å². The lowest BCUT2D eigenvalue weighted by atomic mass is 10.1. The number of benzene rings is 5. The smallest absolute Gasteiger partial charge is 0.159 e. The Morgan fingerprint density at radius 3 is 2.21 bits per heavy atom. The molecule has 2 nitrogen and oxygen atoms in total. The highest BCUT2D eigenvalue weighted by molar-refractivity contribution is 9.10. The summed E-state index contributed by atoms with van der Waals surface area (Å²) in [6, 6.07) is 38.4. The average molecular weight is 520 g/mol. The molecule has 34 heavy (non-hydrogen) atoms. The number of furan rings is 1. The van der Waals surface area contributed by atoms with E-state index in [9.17, 15) is 0 Å². The molecular formula is C30H18BrNOS. The van der Waals surface area contributed by atoms with Gasteiger partial charge in [0.2, 0.25) is 0 Å². The van der Waals surface area contributed by atoms with Gasteiger partial charge < -0.3 is 9.32 Å². The summed E-state index contributed by atoms with van der Waals surface area (Å²) in [6.45, 7) is 0. The maximum atomic E-state index is 6.44. The minimum Gasteiger partial charge on any atom is -0.454 e. The number of hydrogen-bond acceptors (Lipinski definition) is 3. The van der Waals surface area contributed by atoms with E-state index in [1.165, 1.54) is 20.2 Å². The van der Waals surface area contributed by atoms with Gasteiger partial charge in [-0.1, -0.05) is 76.6 Å². The fraction of sp³-hybridized carbons (Fsp3) is 0. The molecule has 0 spiro atoms. The summed E-state index contributed by atoms with van der Waals surface area (Å²) in [7, 11) is 0. The summed E-state index contributed by atoms with van der Waals surface area (Å²) in [5.41, 5.74) is 4.97. The molecule has 2 heterocycles. The second kappa shape index (κ2) is 7.73. The number of para-hydroxylation sites is 2. The third-order valence-electron chi connectivity index (χ3n) is 6.30. The number of fused-ring (bicyclic) bond motifs is 6. The molecule has 4 heteroatoms. The molecule has 0 N–H and O–H groups in total. The first-order valence-corrected chi connectivity index (χ1v) is 12.7. The predicted molar refractivity (Wildman–Crippen MR) is 149 cm³/mol. The van der Waals surface area contributed by atoms with Gasteiger partial charge in [-0.05, 0) is 48.5 Å². The van der Waals surface area contributed by atoms with Crippen molar-refractivity contribution in [1.82, 2.24) is 0 Å². The van der Waals surface area contributed by atoms with Gasteiger partial charge in [0.15, 0.2) is 5.58 Å². The van der Waals surface area contributed by atoms with Gasteiger partial charge in [-0.2, -0.15) is 0 Å². The molecule has 0 aliphatic carbocycles. The molecule has 0 saturated heterocycles. The van der Waals surface area contributed by atoms with E-state index in [2.05, 4.69) is 118 Å². The van der Waals surface area contributed by atoms with Gasteiger partial charge in [-0.25, -0.2) is 0 Å². The second-order valence-electron chi connectivity index (χ2n) is 8.35. The van der Waals surface area contributed by atoms with E-state index >= 15 is 0 Å². The second-order valence-corrected chi connectivity index (χ2v) is 10.3. The molecule has 2 aromatic heterocycles. The number of halogens is 1. The molecule has 0 aliphatic rings. The zero-order chi connectivity index (χ0) is 22.6. The van der Waals surface area contributed by atoms with E-state index in [0.29, 0.717) is 0 Å². The highest BCUT2D eigenvalue weighted by Gasteiger charge is 2.21. The third-order valence-corrected chi connectivity index (χ3v) is 7.89. The van der Waals surface area contributed by atoms with E-state index in [4.69, 9.17) is 4.42 Å². The largest absolute Gasteiger partial charge is 0.454 e. The average Bonchev–Trinajstić information content (AvgIpc) is 3.43. The lowest BCUT2D eigenvalue weighted by Gasteiger charge is -2.25. The highest BCUT2D eigenvalue weighted by atomic mass is 79.9. The lowest BCUT2D eigenvalue weighted by Crippen LogP contribution is -2.10. The van der Waals surface area contributed by atoms with Gasteiger partial charge >= 0.3 is 0 Å². The van der Waals surface area contributed by atoms with Crippen molar-refractivity contribution in [2.24, 2.45) is 0 Å². The van der Waals surface area contributed by atoms with E-state index in [0.717, 1.165) is 43.5 Å². The molecule has 0 fully saturated rings. The zero-order valence-electron chi connectivity index (χ0n) is 18.0. The summed E-state index contributed by atoms with van der Waals surface area (Å²) < 4.78 is 10.0. The van der Waals surface area contributed by atoms with Gasteiger partial charge in [0, 0.05) is 46.8 Å². The standard InChI is InChI=1S/C30H18BrNOS/c31-19-16-25-22-10-4-6-12-27(22)33-30(25)26(17-19)32(20-8-2-1-3-9-20)21-14-15-24-23-11-5-7-13-28(23)34-29(24)18-21/h1-18H. The Kier molecular flexibility index (Phi) is 4.51. The molecule has 0 bridgehead atoms. The molecule has 5 aromatic carbocycles. The van der Waals surface area contributed by atoms with E-state index in [1.807, 2.05) is 23.5 Å². The molecule has 7 rings (SSSR count). The third kappa shape index (κ3) is 3.07. The summed E-state index contributed by atoms with van der Waals surface area (Å²) in [5, 5.41) is 4.82. The Morgan fingerprint density at radius 2 is 1.32 bits per heavy atom. The van der Waals surface area contributed by atoms with Crippen LogP contribution in [0.3, 0.4) is 0 Å². The van der Waals surface area contributed by atoms with Crippen LogP contribution >= 0.6 is 27.3 Å². The van der Waals surface area contributed by atoms with Gasteiger partial charge in [-0.15, -0.1) is 11.3 Å². The molecule has 0 saturated carbocycles. The maximum absolute atomic E-state index is 6.44. The Morgan fingerprint density at radius 1 is 0.588 bits per heavy atom. The van der Waals surface area contributed by atoms with Gasteiger partial charge in [0.25, 0.3) is 0 Å². The molecule has 0 aliphatic heterocycles. The lowest BCUT2D eigenvalue weighted by molar-refractivity contribution is 0.669. The number of rotatable bonds is 3. The summed E-state index contributed by atoms with van der Waals surface area (Å²) in [4.78, 5) is 2.29. The Balaban J connectivity index is 1.53. The summed E-state index contributed by atoms with van der Waals surface area (Å²) in [5.74, 6) is 0. The van der Waals surface area contributed by atoms with Crippen molar-refractivity contribution in [2.45, 2.75) is 0 Å². The topological polar surface area (TPSA) is 16.4 Å². The van der Waals surface area contributed by atoms with Crippen LogP contribution in [0.25, 0.3) is 42.1 Å². The normalized spacial score (nSPS) is 11.7. The fourth-order valence-electron chi connectivity index (χ4n) is 4.80. The molecule has 7 aromatic rings. The minimum atomic E-state index is 0.879. The van der Waals surface area contributed by atoms with Crippen molar-refractivity contribution in [3.63, 3.8) is 0 Å². The first-order valence-electron chi connectivity index (χ1n) is 11.1. The highest BCUT2D eigenvalue weighted by Crippen LogP contribution is 2.45. The van der Waals surface area contributed by atoms with Crippen LogP contribution in [0.2, 0.25) is 0 Å². The quantitative estimate of drug-likeness (QED) is 0.230. The summed E-state index contributed by atoms with van der Waals surface area (Å²) >= 11 is 5.60. The van der Waals surface area contributed by atoms with Crippen molar-refractivity contribution in [1.29, 1.82) is 0 Å². The SMILES string of the molecule is Brc1cc(N(c2ccccc2)c2ccc3c(c2)sc2ccccc23)c2oc3ccccc3c2c1. The maximum Gasteiger partial charge on any atom is 0.159 e. The molecule has 0 radical (unpaired) electrons. The Bertz CT molecular complexity index is 1830. The van der Waals surface area contributed by atoms with Crippen LogP contribution in [0.5, 0.6) is 0 Å². The Hall–Kier alpha value is -3.60. The first kappa shape index (κ1) is 19.8. The fourth-order valence-corrected chi connectivity index (χ4v) is 6.38. The van der Waals surface area contributed by atoms with E-state index < -0.39 is 0 Å². The van der Waals surface area contributed by atoms with Crippen molar-refractivity contribution in [3.8, 4) is 0 Å². The number of thiophene rings is 1. The van der Waals surface area contributed by atoms with E-state index in [1.54, 1.807) is 0 Å². The first-order chi connectivity index (χ1) is 16.8. The molecule has 0 atom stereocenters. The van der Waals surface area contributed by atoms with Crippen LogP contribution in [0.15, 0.2) is 118 Å². The van der Waals surface area contributed by atoms with Crippen LogP contribution in [0.4, 0.5) is 17.1 Å². The number of anilines is 3. The molecule has 0 unspecified atom stereocenters. The van der Waals surface area contributed by atoms with Crippen molar-refractivity contribution in [2.75, 3.05) is 4.90 Å². The zero-order valence-corrected chi connectivity index (χ0v) is 20.4.